The molecule has 1 aliphatic heterocycles. The van der Waals surface area contributed by atoms with Crippen LogP contribution in [0.5, 0.6) is 0 Å². The first kappa shape index (κ1) is 11.4. The summed E-state index contributed by atoms with van der Waals surface area (Å²) >= 11 is 2.06. The minimum atomic E-state index is 0.658. The number of rotatable bonds is 5. The van der Waals surface area contributed by atoms with E-state index >= 15 is 0 Å². The van der Waals surface area contributed by atoms with Gasteiger partial charge in [0.25, 0.3) is 0 Å². The molecule has 0 bridgehead atoms. The largest absolute Gasteiger partial charge is 0.313 e. The third kappa shape index (κ3) is 2.21. The Balaban J connectivity index is 1.42. The second-order valence-corrected chi connectivity index (χ2v) is 7.47. The molecule has 2 fully saturated rings. The van der Waals surface area contributed by atoms with Gasteiger partial charge < -0.3 is 5.32 Å². The highest BCUT2D eigenvalue weighted by atomic mass is 32.2. The van der Waals surface area contributed by atoms with Crippen molar-refractivity contribution in [3.63, 3.8) is 0 Å². The number of hydrogen-bond donors (Lipinski definition) is 1. The molecule has 3 aliphatic rings. The number of nitrogens with one attached hydrogen (secondary N) is 1. The minimum Gasteiger partial charge on any atom is -0.313 e. The van der Waals surface area contributed by atoms with Crippen LogP contribution in [0.4, 0.5) is 0 Å². The lowest BCUT2D eigenvalue weighted by atomic mass is 9.88. The molecule has 2 aliphatic carbocycles. The Labute approximate surface area is 114 Å². The minimum absolute atomic E-state index is 0.658. The van der Waals surface area contributed by atoms with E-state index in [1.807, 2.05) is 0 Å². The highest BCUT2D eigenvalue weighted by Gasteiger charge is 2.45. The number of hydrogen-bond acceptors (Lipinski definition) is 2. The van der Waals surface area contributed by atoms with E-state index in [9.17, 15) is 0 Å². The topological polar surface area (TPSA) is 12.0 Å². The summed E-state index contributed by atoms with van der Waals surface area (Å²) in [5.41, 5.74) is 2.28. The number of thioether (sulfide) groups is 1. The van der Waals surface area contributed by atoms with Gasteiger partial charge in [0.2, 0.25) is 0 Å². The van der Waals surface area contributed by atoms with Crippen LogP contribution in [-0.4, -0.2) is 18.3 Å². The van der Waals surface area contributed by atoms with Crippen LogP contribution < -0.4 is 5.32 Å². The van der Waals surface area contributed by atoms with Crippen molar-refractivity contribution in [1.29, 1.82) is 0 Å². The molecule has 2 saturated carbocycles. The quantitative estimate of drug-likeness (QED) is 0.863. The SMILES string of the molecule is c1ccc2c(c1)SCC2CC1(CNC2CC2)CC1. The molecular formula is C16H21NS. The van der Waals surface area contributed by atoms with Crippen LogP contribution in [-0.2, 0) is 0 Å². The monoisotopic (exact) mass is 259 g/mol. The van der Waals surface area contributed by atoms with Gasteiger partial charge in [0.1, 0.15) is 0 Å². The van der Waals surface area contributed by atoms with Crippen LogP contribution in [0.1, 0.15) is 43.6 Å². The molecule has 1 aromatic rings. The van der Waals surface area contributed by atoms with Crippen molar-refractivity contribution in [3.05, 3.63) is 29.8 Å². The molecule has 0 aromatic heterocycles. The fourth-order valence-corrected chi connectivity index (χ4v) is 4.45. The summed E-state index contributed by atoms with van der Waals surface area (Å²) in [5, 5.41) is 3.75. The van der Waals surface area contributed by atoms with E-state index in [0.29, 0.717) is 5.41 Å². The Morgan fingerprint density at radius 3 is 2.83 bits per heavy atom. The van der Waals surface area contributed by atoms with E-state index in [1.165, 1.54) is 49.3 Å². The summed E-state index contributed by atoms with van der Waals surface area (Å²) in [6.45, 7) is 1.28. The first-order chi connectivity index (χ1) is 8.85. The van der Waals surface area contributed by atoms with Gasteiger partial charge in [-0.3, -0.25) is 0 Å². The maximum atomic E-state index is 3.75. The zero-order chi connectivity index (χ0) is 12.0. The van der Waals surface area contributed by atoms with Gasteiger partial charge in [-0.15, -0.1) is 11.8 Å². The van der Waals surface area contributed by atoms with Gasteiger partial charge in [0, 0.05) is 23.2 Å². The van der Waals surface area contributed by atoms with Crippen molar-refractivity contribution >= 4 is 11.8 Å². The Bertz CT molecular complexity index is 448. The lowest BCUT2D eigenvalue weighted by molar-refractivity contribution is 0.398. The van der Waals surface area contributed by atoms with E-state index in [4.69, 9.17) is 0 Å². The third-order valence-electron chi connectivity index (χ3n) is 4.78. The second-order valence-electron chi connectivity index (χ2n) is 6.41. The Morgan fingerprint density at radius 1 is 1.22 bits per heavy atom. The molecule has 1 nitrogen and oxygen atoms in total. The van der Waals surface area contributed by atoms with Crippen molar-refractivity contribution in [2.24, 2.45) is 5.41 Å². The predicted molar refractivity (Wildman–Crippen MR) is 77.2 cm³/mol. The molecule has 0 radical (unpaired) electrons. The van der Waals surface area contributed by atoms with Crippen LogP contribution in [0.2, 0.25) is 0 Å². The highest BCUT2D eigenvalue weighted by Crippen LogP contribution is 2.55. The first-order valence-electron chi connectivity index (χ1n) is 7.30. The van der Waals surface area contributed by atoms with Crippen molar-refractivity contribution in [1.82, 2.24) is 5.32 Å². The van der Waals surface area contributed by atoms with E-state index in [-0.39, 0.29) is 0 Å². The molecule has 0 amide bonds. The van der Waals surface area contributed by atoms with Crippen LogP contribution in [0.25, 0.3) is 0 Å². The lowest BCUT2D eigenvalue weighted by Gasteiger charge is -2.20. The van der Waals surface area contributed by atoms with Crippen molar-refractivity contribution in [2.75, 3.05) is 12.3 Å². The maximum Gasteiger partial charge on any atom is 0.0107 e. The Hall–Kier alpha value is -0.470. The molecule has 1 aromatic carbocycles. The average Bonchev–Trinajstić information content (AvgIpc) is 3.29. The standard InChI is InChI=1S/C16H21NS/c1-2-4-15-14(3-1)12(10-18-15)9-16(7-8-16)11-17-13-5-6-13/h1-4,12-13,17H,5-11H2. The molecule has 1 N–H and O–H groups in total. The van der Waals surface area contributed by atoms with Gasteiger partial charge in [-0.1, -0.05) is 18.2 Å². The van der Waals surface area contributed by atoms with E-state index in [2.05, 4.69) is 41.3 Å². The van der Waals surface area contributed by atoms with Gasteiger partial charge in [-0.2, -0.15) is 0 Å². The summed E-state index contributed by atoms with van der Waals surface area (Å²) in [7, 11) is 0. The highest BCUT2D eigenvalue weighted by molar-refractivity contribution is 7.99. The van der Waals surface area contributed by atoms with Crippen LogP contribution in [0, 0.1) is 5.41 Å². The van der Waals surface area contributed by atoms with E-state index in [1.54, 1.807) is 5.56 Å². The third-order valence-corrected chi connectivity index (χ3v) is 6.03. The predicted octanol–water partition coefficient (Wildman–Crippen LogP) is 3.80. The zero-order valence-corrected chi connectivity index (χ0v) is 11.6. The molecule has 2 heteroatoms. The molecule has 1 heterocycles. The Kier molecular flexibility index (Phi) is 2.70. The fourth-order valence-electron chi connectivity index (χ4n) is 3.20. The zero-order valence-electron chi connectivity index (χ0n) is 10.8. The van der Waals surface area contributed by atoms with Crippen molar-refractivity contribution < 1.29 is 0 Å². The van der Waals surface area contributed by atoms with Crippen LogP contribution >= 0.6 is 11.8 Å². The van der Waals surface area contributed by atoms with Crippen molar-refractivity contribution in [2.45, 2.75) is 49.0 Å². The molecule has 0 saturated heterocycles. The smallest absolute Gasteiger partial charge is 0.0107 e. The normalized spacial score (nSPS) is 28.1. The molecule has 1 atom stereocenters. The summed E-state index contributed by atoms with van der Waals surface area (Å²) < 4.78 is 0. The second kappa shape index (κ2) is 4.28. The van der Waals surface area contributed by atoms with Gasteiger partial charge in [-0.25, -0.2) is 0 Å². The van der Waals surface area contributed by atoms with Gasteiger partial charge in [-0.05, 0) is 55.1 Å². The van der Waals surface area contributed by atoms with Gasteiger partial charge in [0.15, 0.2) is 0 Å². The van der Waals surface area contributed by atoms with Crippen molar-refractivity contribution in [3.8, 4) is 0 Å². The molecule has 4 rings (SSSR count). The van der Waals surface area contributed by atoms with Crippen LogP contribution in [0.15, 0.2) is 29.2 Å². The molecule has 96 valence electrons. The van der Waals surface area contributed by atoms with Crippen LogP contribution in [0.3, 0.4) is 0 Å². The molecule has 1 unspecified atom stereocenters. The summed E-state index contributed by atoms with van der Waals surface area (Å²) in [4.78, 5) is 1.54. The first-order valence-corrected chi connectivity index (χ1v) is 8.28. The number of fused-ring (bicyclic) bond motifs is 1. The number of benzene rings is 1. The van der Waals surface area contributed by atoms with Gasteiger partial charge in [0.05, 0.1) is 0 Å². The molecule has 18 heavy (non-hydrogen) atoms. The maximum absolute atomic E-state index is 3.75. The summed E-state index contributed by atoms with van der Waals surface area (Å²) in [6, 6.07) is 9.90. The average molecular weight is 259 g/mol. The van der Waals surface area contributed by atoms with Gasteiger partial charge >= 0.3 is 0 Å². The Morgan fingerprint density at radius 2 is 2.06 bits per heavy atom. The fraction of sp³-hybridized carbons (Fsp3) is 0.625. The lowest BCUT2D eigenvalue weighted by Crippen LogP contribution is -2.27. The molecular weight excluding hydrogens is 238 g/mol. The summed E-state index contributed by atoms with van der Waals surface area (Å²) in [5.74, 6) is 2.12. The molecule has 0 spiro atoms. The van der Waals surface area contributed by atoms with E-state index in [0.717, 1.165) is 12.0 Å². The summed E-state index contributed by atoms with van der Waals surface area (Å²) in [6.07, 6.45) is 7.15. The van der Waals surface area contributed by atoms with E-state index < -0.39 is 0 Å².